The fraction of sp³-hybridized carbons (Fsp3) is 0.300. The standard InChI is InChI=1S/C20H22N2O5S/c1-15-5-4-6-16(10-9-15)27-17-11-13-22(14-12-17)28(25,26)19-8-3-2-7-18(19)20(23)21-24/h2-3,5-10,17,24H,11-14H2,1H3,(H,21,23). The number of amides is 1. The summed E-state index contributed by atoms with van der Waals surface area (Å²) in [6.07, 6.45) is 8.41. The van der Waals surface area contributed by atoms with E-state index >= 15 is 0 Å². The summed E-state index contributed by atoms with van der Waals surface area (Å²) >= 11 is 0. The zero-order chi connectivity index (χ0) is 20.1. The summed E-state index contributed by atoms with van der Waals surface area (Å²) in [6, 6.07) is 5.82. The predicted octanol–water partition coefficient (Wildman–Crippen LogP) is 2.53. The number of nitrogens with one attached hydrogen (secondary N) is 1. The van der Waals surface area contributed by atoms with Crippen LogP contribution in [0.2, 0.25) is 0 Å². The van der Waals surface area contributed by atoms with Crippen molar-refractivity contribution < 1.29 is 23.2 Å². The van der Waals surface area contributed by atoms with Gasteiger partial charge >= 0.3 is 0 Å². The topological polar surface area (TPSA) is 95.9 Å². The first-order valence-corrected chi connectivity index (χ1v) is 10.4. The number of ether oxygens (including phenoxy) is 1. The van der Waals surface area contributed by atoms with Crippen LogP contribution in [0.5, 0.6) is 0 Å². The van der Waals surface area contributed by atoms with Crippen molar-refractivity contribution in [3.63, 3.8) is 0 Å². The maximum absolute atomic E-state index is 13.0. The third-order valence-corrected chi connectivity index (χ3v) is 6.56. The molecule has 0 aromatic heterocycles. The van der Waals surface area contributed by atoms with E-state index in [0.717, 1.165) is 5.57 Å². The Kier molecular flexibility index (Phi) is 6.16. The molecule has 1 saturated heterocycles. The summed E-state index contributed by atoms with van der Waals surface area (Å²) in [6.45, 7) is 2.53. The molecule has 2 N–H and O–H groups in total. The first-order valence-electron chi connectivity index (χ1n) is 8.93. The molecule has 1 aromatic rings. The molecule has 1 amide bonds. The van der Waals surface area contributed by atoms with Crippen molar-refractivity contribution in [1.29, 1.82) is 0 Å². The monoisotopic (exact) mass is 402 g/mol. The summed E-state index contributed by atoms with van der Waals surface area (Å²) in [5, 5.41) is 8.87. The molecule has 0 saturated carbocycles. The lowest BCUT2D eigenvalue weighted by atomic mass is 10.1. The Labute approximate surface area is 164 Å². The molecule has 1 fully saturated rings. The minimum atomic E-state index is -3.86. The number of rotatable bonds is 5. The Morgan fingerprint density at radius 1 is 1.21 bits per heavy atom. The molecule has 0 unspecified atom stereocenters. The van der Waals surface area contributed by atoms with Crippen molar-refractivity contribution in [3.8, 4) is 0 Å². The Morgan fingerprint density at radius 2 is 1.93 bits per heavy atom. The zero-order valence-electron chi connectivity index (χ0n) is 15.5. The van der Waals surface area contributed by atoms with E-state index in [1.54, 1.807) is 18.2 Å². The van der Waals surface area contributed by atoms with Crippen LogP contribution in [-0.2, 0) is 14.8 Å². The molecule has 1 aliphatic heterocycles. The molecule has 28 heavy (non-hydrogen) atoms. The van der Waals surface area contributed by atoms with Gasteiger partial charge in [-0.1, -0.05) is 18.2 Å². The van der Waals surface area contributed by atoms with Gasteiger partial charge in [0.05, 0.1) is 10.5 Å². The van der Waals surface area contributed by atoms with Crippen LogP contribution in [0.3, 0.4) is 0 Å². The molecule has 148 valence electrons. The molecular formula is C20H22N2O5S. The first-order chi connectivity index (χ1) is 13.4. The number of hydrogen-bond donors (Lipinski definition) is 2. The number of benzene rings is 1. The molecule has 0 bridgehead atoms. The Hall–Kier alpha value is -2.64. The molecule has 1 aliphatic carbocycles. The Balaban J connectivity index is 1.70. The molecule has 3 rings (SSSR count). The van der Waals surface area contributed by atoms with Gasteiger partial charge in [-0.15, -0.1) is 5.73 Å². The predicted molar refractivity (Wildman–Crippen MR) is 103 cm³/mol. The van der Waals surface area contributed by atoms with Gasteiger partial charge in [0, 0.05) is 19.2 Å². The molecule has 1 heterocycles. The second-order valence-corrected chi connectivity index (χ2v) is 8.50. The van der Waals surface area contributed by atoms with E-state index in [1.807, 2.05) is 25.2 Å². The summed E-state index contributed by atoms with van der Waals surface area (Å²) in [7, 11) is -3.86. The quantitative estimate of drug-likeness (QED) is 0.448. The number of nitrogens with zero attached hydrogens (tertiary/aromatic N) is 1. The van der Waals surface area contributed by atoms with Gasteiger partial charge in [-0.3, -0.25) is 10.0 Å². The van der Waals surface area contributed by atoms with E-state index in [-0.39, 0.29) is 29.7 Å². The fourth-order valence-corrected chi connectivity index (χ4v) is 4.76. The molecule has 7 nitrogen and oxygen atoms in total. The van der Waals surface area contributed by atoms with Gasteiger partial charge in [0.1, 0.15) is 11.9 Å². The molecular weight excluding hydrogens is 380 g/mol. The molecule has 0 atom stereocenters. The maximum Gasteiger partial charge on any atom is 0.276 e. The number of carbonyl (C=O) groups excluding carboxylic acids is 1. The van der Waals surface area contributed by atoms with E-state index in [1.165, 1.54) is 21.9 Å². The van der Waals surface area contributed by atoms with Crippen LogP contribution in [0.1, 0.15) is 30.1 Å². The largest absolute Gasteiger partial charge is 0.490 e. The van der Waals surface area contributed by atoms with Gasteiger partial charge in [0.25, 0.3) is 5.91 Å². The van der Waals surface area contributed by atoms with Crippen LogP contribution >= 0.6 is 0 Å². The van der Waals surface area contributed by atoms with Crippen LogP contribution < -0.4 is 5.48 Å². The van der Waals surface area contributed by atoms with Crippen LogP contribution in [0.25, 0.3) is 0 Å². The number of hydrogen-bond acceptors (Lipinski definition) is 5. The molecule has 0 radical (unpaired) electrons. The molecule has 1 aromatic carbocycles. The third-order valence-electron chi connectivity index (χ3n) is 4.60. The van der Waals surface area contributed by atoms with Crippen LogP contribution in [0.15, 0.2) is 70.5 Å². The zero-order valence-corrected chi connectivity index (χ0v) is 16.3. The molecule has 8 heteroatoms. The summed E-state index contributed by atoms with van der Waals surface area (Å²) in [5.41, 5.74) is 5.51. The van der Waals surface area contributed by atoms with Crippen LogP contribution in [0, 0.1) is 0 Å². The van der Waals surface area contributed by atoms with Crippen molar-refractivity contribution >= 4 is 15.9 Å². The number of piperidine rings is 1. The average molecular weight is 402 g/mol. The second kappa shape index (κ2) is 8.58. The molecule has 2 aliphatic rings. The van der Waals surface area contributed by atoms with E-state index in [0.29, 0.717) is 18.6 Å². The van der Waals surface area contributed by atoms with Gasteiger partial charge in [0.2, 0.25) is 10.0 Å². The lowest BCUT2D eigenvalue weighted by Crippen LogP contribution is -2.41. The van der Waals surface area contributed by atoms with E-state index in [9.17, 15) is 13.2 Å². The van der Waals surface area contributed by atoms with Crippen LogP contribution in [-0.4, -0.2) is 43.0 Å². The lowest BCUT2D eigenvalue weighted by Gasteiger charge is -2.31. The lowest BCUT2D eigenvalue weighted by molar-refractivity contribution is 0.0700. The van der Waals surface area contributed by atoms with E-state index < -0.39 is 15.9 Å². The maximum atomic E-state index is 13.0. The van der Waals surface area contributed by atoms with Crippen molar-refractivity contribution in [3.05, 3.63) is 71.2 Å². The van der Waals surface area contributed by atoms with Gasteiger partial charge < -0.3 is 4.74 Å². The Bertz CT molecular complexity index is 980. The van der Waals surface area contributed by atoms with Crippen molar-refractivity contribution in [2.75, 3.05) is 13.1 Å². The second-order valence-electron chi connectivity index (χ2n) is 6.59. The summed E-state index contributed by atoms with van der Waals surface area (Å²) < 4.78 is 33.3. The minimum absolute atomic E-state index is 0.0916. The van der Waals surface area contributed by atoms with Crippen molar-refractivity contribution in [1.82, 2.24) is 9.79 Å². The number of allylic oxidation sites excluding steroid dienone is 4. The highest BCUT2D eigenvalue weighted by Gasteiger charge is 2.32. The number of carbonyl (C=O) groups is 1. The highest BCUT2D eigenvalue weighted by molar-refractivity contribution is 7.89. The number of hydroxylamine groups is 1. The van der Waals surface area contributed by atoms with Gasteiger partial charge in [-0.2, -0.15) is 4.31 Å². The van der Waals surface area contributed by atoms with Gasteiger partial charge in [0.15, 0.2) is 0 Å². The van der Waals surface area contributed by atoms with E-state index in [4.69, 9.17) is 9.94 Å². The van der Waals surface area contributed by atoms with Gasteiger partial charge in [-0.25, -0.2) is 13.9 Å². The van der Waals surface area contributed by atoms with E-state index in [2.05, 4.69) is 5.73 Å². The van der Waals surface area contributed by atoms with Crippen molar-refractivity contribution in [2.45, 2.75) is 30.8 Å². The minimum Gasteiger partial charge on any atom is -0.490 e. The van der Waals surface area contributed by atoms with Crippen molar-refractivity contribution in [2.24, 2.45) is 0 Å². The SMILES string of the molecule is CC1=CC=C(OC2CCN(S(=O)(=O)c3ccccc3C(=O)NO)CC2)C=C=C1. The smallest absolute Gasteiger partial charge is 0.276 e. The number of sulfonamides is 1. The average Bonchev–Trinajstić information content (AvgIpc) is 2.92. The highest BCUT2D eigenvalue weighted by atomic mass is 32.2. The summed E-state index contributed by atoms with van der Waals surface area (Å²) in [4.78, 5) is 11.7. The van der Waals surface area contributed by atoms with Gasteiger partial charge in [-0.05, 0) is 49.6 Å². The van der Waals surface area contributed by atoms with Crippen LogP contribution in [0.4, 0.5) is 0 Å². The summed E-state index contributed by atoms with van der Waals surface area (Å²) in [5.74, 6) is -0.166. The fourth-order valence-electron chi connectivity index (χ4n) is 3.10. The highest BCUT2D eigenvalue weighted by Crippen LogP contribution is 2.26. The molecule has 0 spiro atoms. The third kappa shape index (κ3) is 4.43. The Morgan fingerprint density at radius 3 is 2.64 bits per heavy atom. The normalized spacial score (nSPS) is 18.2. The first kappa shape index (κ1) is 20.1.